The molecule has 0 unspecified atom stereocenters. The standard InChI is InChI=1S/C5H8N2O2/c1-3-5(6-8)4(2)9-7-3/h6,8H,1-2H3. The second kappa shape index (κ2) is 2.06. The third-order valence-corrected chi connectivity index (χ3v) is 1.15. The molecule has 1 aromatic heterocycles. The predicted molar refractivity (Wildman–Crippen MR) is 31.4 cm³/mol. The van der Waals surface area contributed by atoms with Crippen molar-refractivity contribution >= 4 is 5.69 Å². The lowest BCUT2D eigenvalue weighted by atomic mass is 10.3. The van der Waals surface area contributed by atoms with E-state index in [0.717, 1.165) is 0 Å². The number of aryl methyl sites for hydroxylation is 2. The monoisotopic (exact) mass is 128 g/mol. The van der Waals surface area contributed by atoms with Gasteiger partial charge in [-0.2, -0.15) is 0 Å². The van der Waals surface area contributed by atoms with E-state index in [1.807, 2.05) is 5.48 Å². The molecule has 9 heavy (non-hydrogen) atoms. The van der Waals surface area contributed by atoms with E-state index in [9.17, 15) is 0 Å². The molecule has 4 heteroatoms. The van der Waals surface area contributed by atoms with E-state index >= 15 is 0 Å². The number of nitrogens with zero attached hydrogens (tertiary/aromatic N) is 1. The van der Waals surface area contributed by atoms with Crippen LogP contribution in [-0.4, -0.2) is 10.4 Å². The maximum absolute atomic E-state index is 8.44. The molecule has 0 amide bonds. The van der Waals surface area contributed by atoms with Crippen LogP contribution in [0.5, 0.6) is 0 Å². The van der Waals surface area contributed by atoms with Crippen LogP contribution in [0.3, 0.4) is 0 Å². The van der Waals surface area contributed by atoms with Crippen LogP contribution in [0.15, 0.2) is 4.52 Å². The molecule has 0 bridgehead atoms. The first-order chi connectivity index (χ1) is 4.25. The Labute approximate surface area is 52.4 Å². The molecule has 2 N–H and O–H groups in total. The van der Waals surface area contributed by atoms with E-state index in [1.54, 1.807) is 13.8 Å². The van der Waals surface area contributed by atoms with Gasteiger partial charge >= 0.3 is 0 Å². The van der Waals surface area contributed by atoms with Gasteiger partial charge in [-0.05, 0) is 13.8 Å². The average molecular weight is 128 g/mol. The minimum atomic E-state index is 0.551. The molecule has 0 aliphatic rings. The van der Waals surface area contributed by atoms with Crippen molar-refractivity contribution < 1.29 is 9.73 Å². The van der Waals surface area contributed by atoms with E-state index in [1.165, 1.54) is 0 Å². The number of anilines is 1. The molecule has 0 radical (unpaired) electrons. The minimum Gasteiger partial charge on any atom is -0.359 e. The molecule has 0 aliphatic carbocycles. The van der Waals surface area contributed by atoms with Crippen LogP contribution in [0, 0.1) is 13.8 Å². The summed E-state index contributed by atoms with van der Waals surface area (Å²) in [4.78, 5) is 0. The van der Waals surface area contributed by atoms with Crippen LogP contribution in [0.1, 0.15) is 11.5 Å². The van der Waals surface area contributed by atoms with Crippen molar-refractivity contribution in [3.63, 3.8) is 0 Å². The molecule has 1 rings (SSSR count). The van der Waals surface area contributed by atoms with E-state index in [0.29, 0.717) is 17.1 Å². The van der Waals surface area contributed by atoms with Gasteiger partial charge in [0, 0.05) is 0 Å². The lowest BCUT2D eigenvalue weighted by molar-refractivity contribution is 0.378. The Hall–Kier alpha value is -1.03. The van der Waals surface area contributed by atoms with E-state index in [4.69, 9.17) is 9.73 Å². The average Bonchev–Trinajstić information content (AvgIpc) is 2.12. The van der Waals surface area contributed by atoms with Crippen molar-refractivity contribution in [3.8, 4) is 0 Å². The molecule has 4 nitrogen and oxygen atoms in total. The summed E-state index contributed by atoms with van der Waals surface area (Å²) in [6.45, 7) is 3.47. The van der Waals surface area contributed by atoms with Crippen molar-refractivity contribution in [2.45, 2.75) is 13.8 Å². The maximum Gasteiger partial charge on any atom is 0.159 e. The molecule has 0 aliphatic heterocycles. The van der Waals surface area contributed by atoms with Crippen molar-refractivity contribution in [2.24, 2.45) is 0 Å². The Morgan fingerprint density at radius 1 is 1.56 bits per heavy atom. The van der Waals surface area contributed by atoms with Crippen LogP contribution in [0.2, 0.25) is 0 Å². The third kappa shape index (κ3) is 0.882. The Morgan fingerprint density at radius 2 is 2.22 bits per heavy atom. The Morgan fingerprint density at radius 3 is 2.44 bits per heavy atom. The van der Waals surface area contributed by atoms with Gasteiger partial charge in [-0.15, -0.1) is 0 Å². The summed E-state index contributed by atoms with van der Waals surface area (Å²) in [7, 11) is 0. The third-order valence-electron chi connectivity index (χ3n) is 1.15. The van der Waals surface area contributed by atoms with E-state index < -0.39 is 0 Å². The molecule has 0 aromatic carbocycles. The first kappa shape index (κ1) is 6.10. The number of rotatable bonds is 1. The van der Waals surface area contributed by atoms with Gasteiger partial charge < -0.3 is 4.52 Å². The normalized spacial score (nSPS) is 9.67. The molecule has 0 atom stereocenters. The van der Waals surface area contributed by atoms with Crippen LogP contribution in [0.4, 0.5) is 5.69 Å². The minimum absolute atomic E-state index is 0.551. The summed E-state index contributed by atoms with van der Waals surface area (Å²) < 4.78 is 4.71. The lowest BCUT2D eigenvalue weighted by Crippen LogP contribution is -1.90. The smallest absolute Gasteiger partial charge is 0.159 e. The number of aromatic nitrogens is 1. The SMILES string of the molecule is Cc1noc(C)c1NO. The zero-order valence-corrected chi connectivity index (χ0v) is 5.30. The van der Waals surface area contributed by atoms with Gasteiger partial charge in [-0.3, -0.25) is 10.7 Å². The molecule has 1 aromatic rings. The number of nitrogens with one attached hydrogen (secondary N) is 1. The highest BCUT2D eigenvalue weighted by Crippen LogP contribution is 2.16. The maximum atomic E-state index is 8.44. The Bertz CT molecular complexity index is 187. The Balaban J connectivity index is 3.07. The summed E-state index contributed by atoms with van der Waals surface area (Å²) in [5, 5.41) is 12.0. The van der Waals surface area contributed by atoms with Crippen LogP contribution < -0.4 is 5.48 Å². The first-order valence-electron chi connectivity index (χ1n) is 2.58. The highest BCUT2D eigenvalue weighted by molar-refractivity contribution is 5.47. The van der Waals surface area contributed by atoms with Crippen LogP contribution >= 0.6 is 0 Å². The van der Waals surface area contributed by atoms with Gasteiger partial charge in [-0.1, -0.05) is 5.16 Å². The van der Waals surface area contributed by atoms with Crippen molar-refractivity contribution in [3.05, 3.63) is 11.5 Å². The van der Waals surface area contributed by atoms with Crippen molar-refractivity contribution in [1.29, 1.82) is 0 Å². The molecule has 0 saturated heterocycles. The second-order valence-corrected chi connectivity index (χ2v) is 1.81. The predicted octanol–water partition coefficient (Wildman–Crippen LogP) is 1.09. The highest BCUT2D eigenvalue weighted by atomic mass is 16.5. The van der Waals surface area contributed by atoms with Gasteiger partial charge in [0.25, 0.3) is 0 Å². The summed E-state index contributed by atoms with van der Waals surface area (Å²) in [5.74, 6) is 0.593. The van der Waals surface area contributed by atoms with Crippen molar-refractivity contribution in [2.75, 3.05) is 5.48 Å². The van der Waals surface area contributed by atoms with Crippen LogP contribution in [0.25, 0.3) is 0 Å². The van der Waals surface area contributed by atoms with E-state index in [2.05, 4.69) is 5.16 Å². The summed E-state index contributed by atoms with van der Waals surface area (Å²) in [6.07, 6.45) is 0. The lowest BCUT2D eigenvalue weighted by Gasteiger charge is -1.91. The number of hydrogen-bond donors (Lipinski definition) is 2. The Kier molecular flexibility index (Phi) is 1.40. The first-order valence-corrected chi connectivity index (χ1v) is 2.58. The topological polar surface area (TPSA) is 58.3 Å². The molecule has 50 valence electrons. The zero-order chi connectivity index (χ0) is 6.85. The van der Waals surface area contributed by atoms with E-state index in [-0.39, 0.29) is 0 Å². The molecule has 1 heterocycles. The molecular formula is C5H8N2O2. The van der Waals surface area contributed by atoms with Gasteiger partial charge in [0.05, 0.1) is 0 Å². The van der Waals surface area contributed by atoms with Crippen molar-refractivity contribution in [1.82, 2.24) is 5.16 Å². The second-order valence-electron chi connectivity index (χ2n) is 1.81. The summed E-state index contributed by atoms with van der Waals surface area (Å²) in [6, 6.07) is 0. The highest BCUT2D eigenvalue weighted by Gasteiger charge is 2.05. The molecule has 0 fully saturated rings. The fourth-order valence-electron chi connectivity index (χ4n) is 0.643. The molecular weight excluding hydrogens is 120 g/mol. The molecule has 0 saturated carbocycles. The van der Waals surface area contributed by atoms with Gasteiger partial charge in [0.1, 0.15) is 11.4 Å². The molecule has 0 spiro atoms. The summed E-state index contributed by atoms with van der Waals surface area (Å²) in [5.41, 5.74) is 3.20. The summed E-state index contributed by atoms with van der Waals surface area (Å²) >= 11 is 0. The van der Waals surface area contributed by atoms with Gasteiger partial charge in [0.15, 0.2) is 5.76 Å². The number of hydrogen-bond acceptors (Lipinski definition) is 4. The fraction of sp³-hybridized carbons (Fsp3) is 0.400. The fourth-order valence-corrected chi connectivity index (χ4v) is 0.643. The van der Waals surface area contributed by atoms with Gasteiger partial charge in [-0.25, -0.2) is 0 Å². The van der Waals surface area contributed by atoms with Gasteiger partial charge in [0.2, 0.25) is 0 Å². The largest absolute Gasteiger partial charge is 0.359 e. The zero-order valence-electron chi connectivity index (χ0n) is 5.30. The van der Waals surface area contributed by atoms with Crippen LogP contribution in [-0.2, 0) is 0 Å². The quantitative estimate of drug-likeness (QED) is 0.556.